The summed E-state index contributed by atoms with van der Waals surface area (Å²) in [5.41, 5.74) is 2.03. The number of nitrogens with one attached hydrogen (secondary N) is 1. The normalized spacial score (nSPS) is 13.0. The van der Waals surface area contributed by atoms with Crippen LogP contribution >= 0.6 is 23.8 Å². The van der Waals surface area contributed by atoms with E-state index in [9.17, 15) is 14.9 Å². The highest BCUT2D eigenvalue weighted by atomic mass is 35.5. The third kappa shape index (κ3) is 6.55. The van der Waals surface area contributed by atoms with Gasteiger partial charge < -0.3 is 14.4 Å². The van der Waals surface area contributed by atoms with Crippen LogP contribution in [-0.2, 0) is 6.42 Å². The minimum atomic E-state index is -0.513. The molecule has 1 N–H and O–H groups in total. The smallest absolute Gasteiger partial charge is 0.269 e. The number of anilines is 1. The maximum Gasteiger partial charge on any atom is 0.269 e. The molecule has 0 aliphatic carbocycles. The molecule has 37 heavy (non-hydrogen) atoms. The van der Waals surface area contributed by atoms with E-state index >= 15 is 0 Å². The number of nitrogens with zero attached hydrogens (tertiary/aromatic N) is 2. The number of amides is 1. The minimum absolute atomic E-state index is 0.0857. The molecule has 0 spiro atoms. The summed E-state index contributed by atoms with van der Waals surface area (Å²) < 4.78 is 12.5. The molecule has 1 heterocycles. The van der Waals surface area contributed by atoms with Crippen molar-refractivity contribution in [3.63, 3.8) is 0 Å². The molecule has 1 amide bonds. The van der Waals surface area contributed by atoms with Gasteiger partial charge in [-0.1, -0.05) is 31.0 Å². The second-order valence-corrected chi connectivity index (χ2v) is 9.30. The topological polar surface area (TPSA) is 93.9 Å². The number of rotatable bonds is 9. The quantitative estimate of drug-likeness (QED) is 0.147. The summed E-state index contributed by atoms with van der Waals surface area (Å²) in [7, 11) is 0. The summed E-state index contributed by atoms with van der Waals surface area (Å²) in [5.74, 6) is 0.950. The lowest BCUT2D eigenvalue weighted by atomic mass is 10.1. The molecule has 0 bridgehead atoms. The Hall–Kier alpha value is -3.69. The fraction of sp³-hybridized carbons (Fsp3) is 0.259. The van der Waals surface area contributed by atoms with Gasteiger partial charge in [0.2, 0.25) is 6.29 Å². The van der Waals surface area contributed by atoms with E-state index in [1.54, 1.807) is 12.1 Å². The molecule has 192 valence electrons. The van der Waals surface area contributed by atoms with E-state index in [2.05, 4.69) is 12.2 Å². The Labute approximate surface area is 225 Å². The van der Waals surface area contributed by atoms with Crippen molar-refractivity contribution in [1.29, 1.82) is 0 Å². The number of thiocarbonyl (C=S) groups is 1. The van der Waals surface area contributed by atoms with Crippen LogP contribution in [0.4, 0.5) is 11.4 Å². The lowest BCUT2D eigenvalue weighted by molar-refractivity contribution is -0.384. The van der Waals surface area contributed by atoms with Crippen LogP contribution < -0.4 is 19.7 Å². The third-order valence-corrected chi connectivity index (χ3v) is 6.50. The molecule has 0 radical (unpaired) electrons. The van der Waals surface area contributed by atoms with Crippen LogP contribution in [-0.4, -0.2) is 28.8 Å². The molecule has 1 atom stereocenters. The number of ether oxygens (including phenoxy) is 2. The van der Waals surface area contributed by atoms with Crippen LogP contribution in [0, 0.1) is 10.1 Å². The van der Waals surface area contributed by atoms with Crippen molar-refractivity contribution < 1.29 is 19.2 Å². The number of unbranched alkanes of at least 4 members (excludes halogenated alkanes) is 1. The molecule has 0 fully saturated rings. The van der Waals surface area contributed by atoms with Crippen LogP contribution in [0.3, 0.4) is 0 Å². The average Bonchev–Trinajstić information content (AvgIpc) is 3.34. The van der Waals surface area contributed by atoms with Crippen molar-refractivity contribution in [2.45, 2.75) is 38.9 Å². The second kappa shape index (κ2) is 12.0. The molecule has 0 saturated heterocycles. The predicted molar refractivity (Wildman–Crippen MR) is 147 cm³/mol. The van der Waals surface area contributed by atoms with Gasteiger partial charge in [0.15, 0.2) is 5.11 Å². The van der Waals surface area contributed by atoms with Gasteiger partial charge >= 0.3 is 0 Å². The van der Waals surface area contributed by atoms with Gasteiger partial charge in [0.25, 0.3) is 11.6 Å². The largest absolute Gasteiger partial charge is 0.455 e. The molecule has 3 aromatic carbocycles. The lowest BCUT2D eigenvalue weighted by Gasteiger charge is -2.23. The molecule has 1 aliphatic heterocycles. The Bertz CT molecular complexity index is 1280. The first-order chi connectivity index (χ1) is 17.9. The summed E-state index contributed by atoms with van der Waals surface area (Å²) in [6.07, 6.45) is 2.87. The van der Waals surface area contributed by atoms with E-state index in [1.807, 2.05) is 35.2 Å². The monoisotopic (exact) mass is 539 g/mol. The zero-order valence-electron chi connectivity index (χ0n) is 20.2. The Morgan fingerprint density at radius 3 is 2.54 bits per heavy atom. The van der Waals surface area contributed by atoms with Gasteiger partial charge in [-0.05, 0) is 73.6 Å². The number of carbonyl (C=O) groups excluding carboxylic acids is 1. The van der Waals surface area contributed by atoms with Gasteiger partial charge in [-0.3, -0.25) is 20.2 Å². The molecule has 0 aromatic heterocycles. The number of fused-ring (bicyclic) bond motifs is 1. The number of benzene rings is 3. The standard InChI is InChI=1S/C27H26ClN3O5S/c1-2-3-7-25(35-21-14-10-19(28)11-15-21)36-24-6-4-5-23-22(24)16-17-30(23)27(37)29-26(32)18-8-12-20(13-9-18)31(33)34/h4-6,8-15,25H,2-3,7,16-17H2,1H3,(H,29,32,37). The van der Waals surface area contributed by atoms with Gasteiger partial charge in [-0.15, -0.1) is 0 Å². The fourth-order valence-electron chi connectivity index (χ4n) is 4.01. The van der Waals surface area contributed by atoms with Gasteiger partial charge in [0.1, 0.15) is 11.5 Å². The SMILES string of the molecule is CCCCC(Oc1ccc(Cl)cc1)Oc1cccc2c1CCN2C(=S)NC(=O)c1ccc([N+](=O)[O-])cc1. The van der Waals surface area contributed by atoms with Crippen LogP contribution in [0.1, 0.15) is 42.1 Å². The first-order valence-electron chi connectivity index (χ1n) is 11.9. The maximum atomic E-state index is 12.7. The summed E-state index contributed by atoms with van der Waals surface area (Å²) in [6, 6.07) is 18.3. The van der Waals surface area contributed by atoms with E-state index < -0.39 is 17.1 Å². The number of hydrogen-bond donors (Lipinski definition) is 1. The van der Waals surface area contributed by atoms with E-state index in [-0.39, 0.29) is 16.4 Å². The average molecular weight is 540 g/mol. The molecular formula is C27H26ClN3O5S. The van der Waals surface area contributed by atoms with Crippen LogP contribution in [0.25, 0.3) is 0 Å². The molecular weight excluding hydrogens is 514 g/mol. The zero-order chi connectivity index (χ0) is 26.4. The van der Waals surface area contributed by atoms with Crippen molar-refractivity contribution in [3.05, 3.63) is 93.0 Å². The maximum absolute atomic E-state index is 12.7. The second-order valence-electron chi connectivity index (χ2n) is 8.48. The molecule has 0 saturated carbocycles. The van der Waals surface area contributed by atoms with Gasteiger partial charge in [-0.25, -0.2) is 0 Å². The van der Waals surface area contributed by atoms with Crippen molar-refractivity contribution in [2.75, 3.05) is 11.4 Å². The van der Waals surface area contributed by atoms with Crippen molar-refractivity contribution >= 4 is 46.2 Å². The van der Waals surface area contributed by atoms with Gasteiger partial charge in [0, 0.05) is 41.2 Å². The molecule has 1 unspecified atom stereocenters. The third-order valence-electron chi connectivity index (χ3n) is 5.92. The number of halogens is 1. The zero-order valence-corrected chi connectivity index (χ0v) is 21.8. The number of hydrogen-bond acceptors (Lipinski definition) is 6. The van der Waals surface area contributed by atoms with Crippen LogP contribution in [0.2, 0.25) is 5.02 Å². The molecule has 4 rings (SSSR count). The van der Waals surface area contributed by atoms with E-state index in [0.717, 1.165) is 30.5 Å². The Morgan fingerprint density at radius 1 is 1.14 bits per heavy atom. The Balaban J connectivity index is 1.46. The van der Waals surface area contributed by atoms with Gasteiger partial charge in [0.05, 0.1) is 10.6 Å². The molecule has 8 nitrogen and oxygen atoms in total. The number of nitro benzene ring substituents is 1. The van der Waals surface area contributed by atoms with E-state index in [4.69, 9.17) is 33.3 Å². The molecule has 10 heteroatoms. The fourth-order valence-corrected chi connectivity index (χ4v) is 4.42. The first kappa shape index (κ1) is 26.4. The van der Waals surface area contributed by atoms with Crippen molar-refractivity contribution in [3.8, 4) is 11.5 Å². The Morgan fingerprint density at radius 2 is 1.86 bits per heavy atom. The first-order valence-corrected chi connectivity index (χ1v) is 12.7. The minimum Gasteiger partial charge on any atom is -0.455 e. The van der Waals surface area contributed by atoms with Crippen LogP contribution in [0.15, 0.2) is 66.7 Å². The number of non-ortho nitro benzene ring substituents is 1. The predicted octanol–water partition coefficient (Wildman–Crippen LogP) is 6.30. The Kier molecular flexibility index (Phi) is 8.58. The lowest BCUT2D eigenvalue weighted by Crippen LogP contribution is -2.41. The molecule has 1 aliphatic rings. The van der Waals surface area contributed by atoms with E-state index in [1.165, 1.54) is 24.3 Å². The summed E-state index contributed by atoms with van der Waals surface area (Å²) in [6.45, 7) is 2.69. The summed E-state index contributed by atoms with van der Waals surface area (Å²) in [4.78, 5) is 24.9. The number of nitro groups is 1. The number of carbonyl (C=O) groups is 1. The van der Waals surface area contributed by atoms with Crippen molar-refractivity contribution in [2.24, 2.45) is 0 Å². The van der Waals surface area contributed by atoms with Crippen molar-refractivity contribution in [1.82, 2.24) is 5.32 Å². The summed E-state index contributed by atoms with van der Waals surface area (Å²) >= 11 is 11.5. The molecule has 3 aromatic rings. The summed E-state index contributed by atoms with van der Waals surface area (Å²) in [5, 5.41) is 14.5. The highest BCUT2D eigenvalue weighted by Gasteiger charge is 2.27. The highest BCUT2D eigenvalue weighted by Crippen LogP contribution is 2.36. The van der Waals surface area contributed by atoms with Gasteiger partial charge in [-0.2, -0.15) is 0 Å². The van der Waals surface area contributed by atoms with Crippen LogP contribution in [0.5, 0.6) is 11.5 Å². The van der Waals surface area contributed by atoms with E-state index in [0.29, 0.717) is 29.5 Å². The highest BCUT2D eigenvalue weighted by molar-refractivity contribution is 7.80.